The van der Waals surface area contributed by atoms with Crippen LogP contribution in [0, 0.1) is 11.8 Å². The van der Waals surface area contributed by atoms with Crippen molar-refractivity contribution < 1.29 is 24.5 Å². The van der Waals surface area contributed by atoms with Crippen LogP contribution in [-0.2, 0) is 14.3 Å². The van der Waals surface area contributed by atoms with E-state index < -0.39 is 41.9 Å². The molecule has 25 heavy (non-hydrogen) atoms. The van der Waals surface area contributed by atoms with E-state index in [1.165, 1.54) is 13.1 Å². The number of aromatic amines is 1. The first-order chi connectivity index (χ1) is 11.9. The maximum atomic E-state index is 12.1. The summed E-state index contributed by atoms with van der Waals surface area (Å²) in [6, 6.07) is 0. The standard InChI is InChI=1S/C15H17N3O7/c1-8(20)16-4-2-3-9-5-18(14(23)17-12(9)22)13-10-11(21)15(6-19,25-13)7-24-10/h5,10-11,13,19,21H,4,6-7H2,1H3,(H,16,20)(H,17,22,23)/t10?,11-,13-,15+/m1/s1. The fraction of sp³-hybridized carbons (Fsp3) is 0.533. The lowest BCUT2D eigenvalue weighted by molar-refractivity contribution is -0.187. The summed E-state index contributed by atoms with van der Waals surface area (Å²) in [5.74, 6) is 4.90. The highest BCUT2D eigenvalue weighted by molar-refractivity contribution is 5.73. The fourth-order valence-electron chi connectivity index (χ4n) is 2.83. The van der Waals surface area contributed by atoms with Crippen LogP contribution in [0.4, 0.5) is 0 Å². The summed E-state index contributed by atoms with van der Waals surface area (Å²) in [4.78, 5) is 36.9. The van der Waals surface area contributed by atoms with Gasteiger partial charge in [-0.1, -0.05) is 11.8 Å². The number of carbonyl (C=O) groups excluding carboxylic acids is 1. The first-order valence-electron chi connectivity index (χ1n) is 7.55. The number of carbonyl (C=O) groups is 1. The van der Waals surface area contributed by atoms with Crippen molar-refractivity contribution in [3.05, 3.63) is 32.6 Å². The second-order valence-corrected chi connectivity index (χ2v) is 5.87. The van der Waals surface area contributed by atoms with Crippen molar-refractivity contribution in [1.29, 1.82) is 0 Å². The highest BCUT2D eigenvalue weighted by atomic mass is 16.7. The summed E-state index contributed by atoms with van der Waals surface area (Å²) in [6.07, 6.45) is -1.75. The largest absolute Gasteiger partial charge is 0.393 e. The van der Waals surface area contributed by atoms with Crippen LogP contribution in [-0.4, -0.2) is 63.2 Å². The van der Waals surface area contributed by atoms with Crippen molar-refractivity contribution in [2.24, 2.45) is 0 Å². The molecular formula is C15H17N3O7. The van der Waals surface area contributed by atoms with Gasteiger partial charge < -0.3 is 25.0 Å². The van der Waals surface area contributed by atoms with Crippen molar-refractivity contribution in [1.82, 2.24) is 14.9 Å². The van der Waals surface area contributed by atoms with E-state index in [0.717, 1.165) is 4.57 Å². The lowest BCUT2D eigenvalue weighted by Gasteiger charge is -2.29. The maximum absolute atomic E-state index is 12.1. The molecule has 10 heteroatoms. The maximum Gasteiger partial charge on any atom is 0.330 e. The Labute approximate surface area is 141 Å². The minimum atomic E-state index is -1.29. The average molecular weight is 351 g/mol. The van der Waals surface area contributed by atoms with Gasteiger partial charge in [-0.25, -0.2) is 4.79 Å². The highest BCUT2D eigenvalue weighted by Gasteiger charge is 2.61. The van der Waals surface area contributed by atoms with E-state index in [2.05, 4.69) is 22.1 Å². The number of H-pyrrole nitrogens is 1. The zero-order chi connectivity index (χ0) is 18.2. The van der Waals surface area contributed by atoms with Crippen molar-refractivity contribution in [2.45, 2.75) is 31.0 Å². The Morgan fingerprint density at radius 2 is 2.32 bits per heavy atom. The van der Waals surface area contributed by atoms with Gasteiger partial charge in [-0.3, -0.25) is 19.1 Å². The second kappa shape index (κ2) is 6.45. The Balaban J connectivity index is 1.91. The molecule has 0 aliphatic carbocycles. The molecular weight excluding hydrogens is 334 g/mol. The number of amides is 1. The van der Waals surface area contributed by atoms with Gasteiger partial charge in [0.15, 0.2) is 6.23 Å². The number of nitrogens with one attached hydrogen (secondary N) is 2. The predicted octanol–water partition coefficient (Wildman–Crippen LogP) is -2.96. The molecule has 2 saturated heterocycles. The third-order valence-electron chi connectivity index (χ3n) is 4.17. The number of fused-ring (bicyclic) bond motifs is 2. The minimum Gasteiger partial charge on any atom is -0.393 e. The third kappa shape index (κ3) is 2.98. The van der Waals surface area contributed by atoms with Crippen molar-refractivity contribution in [3.8, 4) is 11.8 Å². The summed E-state index contributed by atoms with van der Waals surface area (Å²) in [5.41, 5.74) is -2.73. The highest BCUT2D eigenvalue weighted by Crippen LogP contribution is 2.44. The van der Waals surface area contributed by atoms with E-state index in [1.807, 2.05) is 0 Å². The van der Waals surface area contributed by atoms with Gasteiger partial charge >= 0.3 is 5.69 Å². The molecule has 10 nitrogen and oxygen atoms in total. The Kier molecular flexibility index (Phi) is 4.49. The molecule has 1 aromatic heterocycles. The van der Waals surface area contributed by atoms with E-state index in [0.29, 0.717) is 0 Å². The van der Waals surface area contributed by atoms with E-state index in [1.54, 1.807) is 0 Å². The third-order valence-corrected chi connectivity index (χ3v) is 4.17. The number of aliphatic hydroxyl groups is 2. The van der Waals surface area contributed by atoms with Crippen LogP contribution >= 0.6 is 0 Å². The minimum absolute atomic E-state index is 0.00726. The molecule has 1 amide bonds. The zero-order valence-corrected chi connectivity index (χ0v) is 13.3. The molecule has 2 aliphatic heterocycles. The number of nitrogens with zero attached hydrogens (tertiary/aromatic N) is 1. The van der Waals surface area contributed by atoms with Gasteiger partial charge in [-0.05, 0) is 0 Å². The van der Waals surface area contributed by atoms with Crippen LogP contribution in [0.2, 0.25) is 0 Å². The predicted molar refractivity (Wildman–Crippen MR) is 82.6 cm³/mol. The molecule has 0 aromatic carbocycles. The molecule has 2 fully saturated rings. The average Bonchev–Trinajstić information content (AvgIpc) is 3.03. The number of hydrogen-bond donors (Lipinski definition) is 4. The molecule has 2 bridgehead atoms. The lowest BCUT2D eigenvalue weighted by atomic mass is 10.0. The Bertz CT molecular complexity index is 864. The van der Waals surface area contributed by atoms with Crippen LogP contribution in [0.15, 0.2) is 15.8 Å². The first-order valence-corrected chi connectivity index (χ1v) is 7.55. The summed E-state index contributed by atoms with van der Waals surface area (Å²) in [6.45, 7) is 0.922. The van der Waals surface area contributed by atoms with Crippen LogP contribution < -0.4 is 16.6 Å². The van der Waals surface area contributed by atoms with E-state index in [4.69, 9.17) is 9.47 Å². The van der Waals surface area contributed by atoms with Crippen molar-refractivity contribution in [3.63, 3.8) is 0 Å². The monoisotopic (exact) mass is 351 g/mol. The molecule has 3 rings (SSSR count). The number of aliphatic hydroxyl groups excluding tert-OH is 2. The Morgan fingerprint density at radius 1 is 1.56 bits per heavy atom. The molecule has 0 radical (unpaired) electrons. The topological polar surface area (TPSA) is 143 Å². The van der Waals surface area contributed by atoms with Gasteiger partial charge in [0, 0.05) is 13.1 Å². The van der Waals surface area contributed by atoms with E-state index in [9.17, 15) is 24.6 Å². The number of aromatic nitrogens is 2. The summed E-state index contributed by atoms with van der Waals surface area (Å²) in [5, 5.41) is 22.1. The molecule has 134 valence electrons. The Morgan fingerprint density at radius 3 is 2.96 bits per heavy atom. The molecule has 1 unspecified atom stereocenters. The summed E-state index contributed by atoms with van der Waals surface area (Å²) < 4.78 is 12.1. The normalized spacial score (nSPS) is 30.0. The van der Waals surface area contributed by atoms with Gasteiger partial charge in [-0.2, -0.15) is 0 Å². The second-order valence-electron chi connectivity index (χ2n) is 5.87. The van der Waals surface area contributed by atoms with Gasteiger partial charge in [0.2, 0.25) is 5.91 Å². The molecule has 0 spiro atoms. The molecule has 1 aromatic rings. The van der Waals surface area contributed by atoms with Crippen LogP contribution in [0.5, 0.6) is 0 Å². The van der Waals surface area contributed by atoms with Gasteiger partial charge in [0.25, 0.3) is 5.56 Å². The van der Waals surface area contributed by atoms with Crippen LogP contribution in [0.3, 0.4) is 0 Å². The number of rotatable bonds is 3. The van der Waals surface area contributed by atoms with E-state index in [-0.39, 0.29) is 24.6 Å². The Hall–Kier alpha value is -2.45. The quantitative estimate of drug-likeness (QED) is 0.426. The first kappa shape index (κ1) is 17.4. The van der Waals surface area contributed by atoms with E-state index >= 15 is 0 Å². The van der Waals surface area contributed by atoms with Gasteiger partial charge in [0.1, 0.15) is 23.4 Å². The molecule has 2 aliphatic rings. The SMILES string of the molecule is CC(=O)NCC#Cc1cn([C@@H]2O[C@@]3(CO)COC2[C@H]3O)c(=O)[nH]c1=O. The lowest BCUT2D eigenvalue weighted by Crippen LogP contribution is -2.44. The molecule has 0 saturated carbocycles. The number of hydrogen-bond acceptors (Lipinski definition) is 7. The molecule has 3 heterocycles. The van der Waals surface area contributed by atoms with Gasteiger partial charge in [0.05, 0.1) is 19.8 Å². The zero-order valence-electron chi connectivity index (χ0n) is 13.3. The van der Waals surface area contributed by atoms with Crippen LogP contribution in [0.1, 0.15) is 18.7 Å². The summed E-state index contributed by atoms with van der Waals surface area (Å²) in [7, 11) is 0. The summed E-state index contributed by atoms with van der Waals surface area (Å²) >= 11 is 0. The van der Waals surface area contributed by atoms with Crippen molar-refractivity contribution >= 4 is 5.91 Å². The van der Waals surface area contributed by atoms with Gasteiger partial charge in [-0.15, -0.1) is 0 Å². The van der Waals surface area contributed by atoms with Crippen LogP contribution in [0.25, 0.3) is 0 Å². The fourth-order valence-corrected chi connectivity index (χ4v) is 2.83. The smallest absolute Gasteiger partial charge is 0.330 e. The molecule has 4 atom stereocenters. The molecule has 4 N–H and O–H groups in total. The number of ether oxygens (including phenoxy) is 2. The van der Waals surface area contributed by atoms with Crippen molar-refractivity contribution in [2.75, 3.05) is 19.8 Å².